The van der Waals surface area contributed by atoms with E-state index >= 15 is 0 Å². The molecule has 118 valence electrons. The van der Waals surface area contributed by atoms with Gasteiger partial charge in [0, 0.05) is 25.3 Å². The van der Waals surface area contributed by atoms with E-state index in [9.17, 15) is 18.3 Å². The van der Waals surface area contributed by atoms with Crippen LogP contribution in [0.1, 0.15) is 43.7 Å². The fraction of sp³-hybridized carbons (Fsp3) is 0.500. The number of carboxylic acids is 1. The molecular formula is C14H22N2O4S. The molecule has 0 aliphatic heterocycles. The summed E-state index contributed by atoms with van der Waals surface area (Å²) >= 11 is 0. The minimum atomic E-state index is -3.72. The topological polar surface area (TPSA) is 79.6 Å². The Hall–Kier alpha value is -1.60. The SMILES string of the molecule is C=CCN(CCC)S(=O)(=O)c1cc(C(=O)O)n(C(C)C)c1. The Kier molecular flexibility index (Phi) is 5.74. The quantitative estimate of drug-likeness (QED) is 0.747. The lowest BCUT2D eigenvalue weighted by Gasteiger charge is -2.19. The Morgan fingerprint density at radius 2 is 2.14 bits per heavy atom. The lowest BCUT2D eigenvalue weighted by molar-refractivity contribution is 0.0683. The van der Waals surface area contributed by atoms with Crippen LogP contribution in [-0.2, 0) is 10.0 Å². The number of carboxylic acid groups (broad SMARTS) is 1. The number of nitrogens with zero attached hydrogens (tertiary/aromatic N) is 2. The van der Waals surface area contributed by atoms with Gasteiger partial charge in [0.25, 0.3) is 0 Å². The molecule has 0 radical (unpaired) electrons. The molecule has 1 aromatic rings. The highest BCUT2D eigenvalue weighted by molar-refractivity contribution is 7.89. The van der Waals surface area contributed by atoms with Crippen molar-refractivity contribution in [3.63, 3.8) is 0 Å². The van der Waals surface area contributed by atoms with Gasteiger partial charge in [-0.15, -0.1) is 6.58 Å². The Bertz CT molecular complexity index is 617. The fourth-order valence-corrected chi connectivity index (χ4v) is 3.58. The molecule has 0 amide bonds. The van der Waals surface area contributed by atoms with Crippen molar-refractivity contribution in [2.45, 2.75) is 38.1 Å². The summed E-state index contributed by atoms with van der Waals surface area (Å²) in [5.74, 6) is -1.14. The van der Waals surface area contributed by atoms with E-state index in [-0.39, 0.29) is 23.2 Å². The summed E-state index contributed by atoms with van der Waals surface area (Å²) < 4.78 is 27.9. The molecular weight excluding hydrogens is 292 g/mol. The molecule has 0 spiro atoms. The molecule has 6 nitrogen and oxygen atoms in total. The van der Waals surface area contributed by atoms with Crippen LogP contribution < -0.4 is 0 Å². The Morgan fingerprint density at radius 3 is 2.52 bits per heavy atom. The molecule has 0 fully saturated rings. The number of rotatable bonds is 8. The largest absolute Gasteiger partial charge is 0.477 e. The smallest absolute Gasteiger partial charge is 0.352 e. The molecule has 0 aliphatic carbocycles. The Labute approximate surface area is 125 Å². The maximum absolute atomic E-state index is 12.6. The third-order valence-corrected chi connectivity index (χ3v) is 4.87. The van der Waals surface area contributed by atoms with Crippen LogP contribution in [-0.4, -0.2) is 41.5 Å². The number of sulfonamides is 1. The van der Waals surface area contributed by atoms with E-state index in [0.29, 0.717) is 13.0 Å². The van der Waals surface area contributed by atoms with Crippen molar-refractivity contribution in [2.24, 2.45) is 0 Å². The second kappa shape index (κ2) is 6.91. The average Bonchev–Trinajstić information content (AvgIpc) is 2.84. The van der Waals surface area contributed by atoms with Crippen molar-refractivity contribution in [1.82, 2.24) is 8.87 Å². The summed E-state index contributed by atoms with van der Waals surface area (Å²) in [6, 6.07) is 1.07. The summed E-state index contributed by atoms with van der Waals surface area (Å²) in [7, 11) is -3.72. The zero-order chi connectivity index (χ0) is 16.2. The van der Waals surface area contributed by atoms with Crippen molar-refractivity contribution >= 4 is 16.0 Å². The summed E-state index contributed by atoms with van der Waals surface area (Å²) in [6.07, 6.45) is 3.57. The van der Waals surface area contributed by atoms with Crippen LogP contribution >= 0.6 is 0 Å². The van der Waals surface area contributed by atoms with Crippen LogP contribution in [0.2, 0.25) is 0 Å². The molecule has 0 atom stereocenters. The predicted octanol–water partition coefficient (Wildman–Crippen LogP) is 2.35. The van der Waals surface area contributed by atoms with E-state index in [4.69, 9.17) is 0 Å². The van der Waals surface area contributed by atoms with Crippen molar-refractivity contribution in [3.8, 4) is 0 Å². The molecule has 0 saturated carbocycles. The first-order valence-electron chi connectivity index (χ1n) is 6.81. The summed E-state index contributed by atoms with van der Waals surface area (Å²) in [5.41, 5.74) is -0.0290. The van der Waals surface area contributed by atoms with Crippen molar-refractivity contribution in [2.75, 3.05) is 13.1 Å². The van der Waals surface area contributed by atoms with E-state index in [0.717, 1.165) is 0 Å². The van der Waals surface area contributed by atoms with Crippen LogP contribution in [0.4, 0.5) is 0 Å². The summed E-state index contributed by atoms with van der Waals surface area (Å²) in [6.45, 7) is 9.61. The minimum Gasteiger partial charge on any atom is -0.477 e. The van der Waals surface area contributed by atoms with Crippen LogP contribution in [0.25, 0.3) is 0 Å². The molecule has 1 aromatic heterocycles. The highest BCUT2D eigenvalue weighted by Crippen LogP contribution is 2.22. The van der Waals surface area contributed by atoms with Gasteiger partial charge in [0.1, 0.15) is 10.6 Å². The van der Waals surface area contributed by atoms with Gasteiger partial charge in [-0.25, -0.2) is 13.2 Å². The lowest BCUT2D eigenvalue weighted by Crippen LogP contribution is -2.31. The van der Waals surface area contributed by atoms with Gasteiger partial charge in [0.2, 0.25) is 10.0 Å². The second-order valence-corrected chi connectivity index (χ2v) is 6.96. The normalized spacial score (nSPS) is 12.0. The van der Waals surface area contributed by atoms with E-state index in [2.05, 4.69) is 6.58 Å². The van der Waals surface area contributed by atoms with Gasteiger partial charge in [-0.05, 0) is 26.3 Å². The first kappa shape index (κ1) is 17.5. The first-order chi connectivity index (χ1) is 9.75. The molecule has 0 unspecified atom stereocenters. The van der Waals surface area contributed by atoms with Gasteiger partial charge < -0.3 is 9.67 Å². The average molecular weight is 314 g/mol. The number of hydrogen-bond acceptors (Lipinski definition) is 3. The van der Waals surface area contributed by atoms with Gasteiger partial charge in [0.05, 0.1) is 0 Å². The highest BCUT2D eigenvalue weighted by Gasteiger charge is 2.27. The molecule has 7 heteroatoms. The van der Waals surface area contributed by atoms with Crippen LogP contribution in [0, 0.1) is 0 Å². The number of hydrogen-bond donors (Lipinski definition) is 1. The standard InChI is InChI=1S/C14H22N2O4S/c1-5-7-15(8-6-2)21(19,20)12-9-13(14(17)18)16(10-12)11(3)4/h5,9-11H,1,6-8H2,2-4H3,(H,17,18). The van der Waals surface area contributed by atoms with E-state index in [1.54, 1.807) is 13.8 Å². The van der Waals surface area contributed by atoms with Gasteiger partial charge in [-0.1, -0.05) is 13.0 Å². The zero-order valence-corrected chi connectivity index (χ0v) is 13.4. The summed E-state index contributed by atoms with van der Waals surface area (Å²) in [4.78, 5) is 11.2. The van der Waals surface area contributed by atoms with E-state index in [1.165, 1.54) is 27.2 Å². The lowest BCUT2D eigenvalue weighted by atomic mass is 10.3. The monoisotopic (exact) mass is 314 g/mol. The van der Waals surface area contributed by atoms with Crippen molar-refractivity contribution < 1.29 is 18.3 Å². The molecule has 0 saturated heterocycles. The maximum Gasteiger partial charge on any atom is 0.352 e. The Morgan fingerprint density at radius 1 is 1.52 bits per heavy atom. The number of aromatic nitrogens is 1. The van der Waals surface area contributed by atoms with Crippen molar-refractivity contribution in [1.29, 1.82) is 0 Å². The third-order valence-electron chi connectivity index (χ3n) is 3.04. The molecule has 0 bridgehead atoms. The van der Waals surface area contributed by atoms with Crippen LogP contribution in [0.3, 0.4) is 0 Å². The first-order valence-corrected chi connectivity index (χ1v) is 8.25. The molecule has 1 heterocycles. The van der Waals surface area contributed by atoms with Crippen molar-refractivity contribution in [3.05, 3.63) is 30.6 Å². The van der Waals surface area contributed by atoms with Crippen LogP contribution in [0.5, 0.6) is 0 Å². The third kappa shape index (κ3) is 3.74. The fourth-order valence-electron chi connectivity index (χ4n) is 2.05. The minimum absolute atomic E-state index is 0.00361. The number of carbonyl (C=O) groups is 1. The highest BCUT2D eigenvalue weighted by atomic mass is 32.2. The van der Waals surface area contributed by atoms with Gasteiger partial charge in [0.15, 0.2) is 0 Å². The van der Waals surface area contributed by atoms with E-state index in [1.807, 2.05) is 6.92 Å². The second-order valence-electron chi connectivity index (χ2n) is 5.02. The Balaban J connectivity index is 3.33. The molecule has 0 aromatic carbocycles. The molecule has 21 heavy (non-hydrogen) atoms. The molecule has 0 aliphatic rings. The predicted molar refractivity (Wildman–Crippen MR) is 81.0 cm³/mol. The van der Waals surface area contributed by atoms with Gasteiger partial charge in [-0.2, -0.15) is 4.31 Å². The number of aromatic carboxylic acids is 1. The van der Waals surface area contributed by atoms with Crippen LogP contribution in [0.15, 0.2) is 29.8 Å². The molecule has 1 rings (SSSR count). The summed E-state index contributed by atoms with van der Waals surface area (Å²) in [5, 5.41) is 9.19. The van der Waals surface area contributed by atoms with Gasteiger partial charge in [-0.3, -0.25) is 0 Å². The zero-order valence-electron chi connectivity index (χ0n) is 12.6. The van der Waals surface area contributed by atoms with E-state index < -0.39 is 16.0 Å². The van der Waals surface area contributed by atoms with Gasteiger partial charge >= 0.3 is 5.97 Å². The maximum atomic E-state index is 12.6. The molecule has 1 N–H and O–H groups in total.